The summed E-state index contributed by atoms with van der Waals surface area (Å²) in [5, 5.41) is 7.78. The van der Waals surface area contributed by atoms with Gasteiger partial charge in [-0.25, -0.2) is 0 Å². The summed E-state index contributed by atoms with van der Waals surface area (Å²) in [5.41, 5.74) is 2.20. The van der Waals surface area contributed by atoms with Gasteiger partial charge in [-0.05, 0) is 18.6 Å². The summed E-state index contributed by atoms with van der Waals surface area (Å²) in [4.78, 5) is 18.1. The first-order chi connectivity index (χ1) is 10.7. The predicted octanol–water partition coefficient (Wildman–Crippen LogP) is 1.36. The molecule has 2 aromatic rings. The molecule has 1 aliphatic heterocycles. The smallest absolute Gasteiger partial charge is 0.224 e. The fourth-order valence-electron chi connectivity index (χ4n) is 2.98. The lowest BCUT2D eigenvalue weighted by molar-refractivity contribution is -0.127. The molecule has 1 N–H and O–H groups in total. The van der Waals surface area contributed by atoms with Gasteiger partial charge in [0.05, 0.1) is 12.2 Å². The zero-order valence-electron chi connectivity index (χ0n) is 12.9. The molecule has 0 aromatic carbocycles. The Balaban J connectivity index is 1.72. The van der Waals surface area contributed by atoms with Crippen molar-refractivity contribution in [1.29, 1.82) is 0 Å². The predicted molar refractivity (Wildman–Crippen MR) is 82.9 cm³/mol. The largest absolute Gasteiger partial charge is 0.337 e. The van der Waals surface area contributed by atoms with Crippen molar-refractivity contribution in [3.63, 3.8) is 0 Å². The van der Waals surface area contributed by atoms with Crippen molar-refractivity contribution in [2.24, 2.45) is 0 Å². The highest BCUT2D eigenvalue weighted by Crippen LogP contribution is 2.31. The summed E-state index contributed by atoms with van der Waals surface area (Å²) in [6.45, 7) is 3.64. The van der Waals surface area contributed by atoms with E-state index in [0.29, 0.717) is 13.0 Å². The Kier molecular flexibility index (Phi) is 4.20. The first kappa shape index (κ1) is 14.7. The molecule has 2 atom stereocenters. The normalized spacial score (nSPS) is 21.5. The molecule has 0 aliphatic carbocycles. The van der Waals surface area contributed by atoms with Gasteiger partial charge in [0, 0.05) is 56.8 Å². The number of aryl methyl sites for hydroxylation is 1. The molecule has 6 nitrogen and oxygen atoms in total. The molecule has 116 valence electrons. The Morgan fingerprint density at radius 1 is 1.41 bits per heavy atom. The van der Waals surface area contributed by atoms with Crippen LogP contribution < -0.4 is 5.32 Å². The van der Waals surface area contributed by atoms with Crippen LogP contribution >= 0.6 is 0 Å². The molecule has 3 rings (SSSR count). The van der Waals surface area contributed by atoms with Crippen LogP contribution in [0.4, 0.5) is 0 Å². The average molecular weight is 299 g/mol. The van der Waals surface area contributed by atoms with Crippen LogP contribution in [0.1, 0.15) is 30.5 Å². The Morgan fingerprint density at radius 3 is 2.95 bits per heavy atom. The Morgan fingerprint density at radius 2 is 2.27 bits per heavy atom. The zero-order valence-corrected chi connectivity index (χ0v) is 12.9. The summed E-state index contributed by atoms with van der Waals surface area (Å²) in [7, 11) is 1.86. The quantitative estimate of drug-likeness (QED) is 0.905. The maximum Gasteiger partial charge on any atom is 0.224 e. The van der Waals surface area contributed by atoms with Crippen LogP contribution in [-0.2, 0) is 17.9 Å². The van der Waals surface area contributed by atoms with E-state index < -0.39 is 0 Å². The average Bonchev–Trinajstić information content (AvgIpc) is 3.11. The number of carbonyl (C=O) groups excluding carboxylic acids is 1. The fourth-order valence-corrected chi connectivity index (χ4v) is 2.98. The number of nitrogens with zero attached hydrogens (tertiary/aromatic N) is 4. The van der Waals surface area contributed by atoms with Crippen molar-refractivity contribution >= 4 is 5.91 Å². The summed E-state index contributed by atoms with van der Waals surface area (Å²) in [5.74, 6) is 0.163. The van der Waals surface area contributed by atoms with Crippen LogP contribution in [0.3, 0.4) is 0 Å². The minimum absolute atomic E-state index is 0.0300. The molecule has 1 fully saturated rings. The minimum atomic E-state index is 0.0300. The van der Waals surface area contributed by atoms with E-state index in [1.165, 1.54) is 0 Å². The van der Waals surface area contributed by atoms with E-state index in [4.69, 9.17) is 0 Å². The van der Waals surface area contributed by atoms with Crippen LogP contribution in [-0.4, -0.2) is 38.7 Å². The second-order valence-corrected chi connectivity index (χ2v) is 5.63. The number of likely N-dealkylation sites (N-methyl/N-ethyl adjacent to an activating group) is 1. The number of likely N-dealkylation sites (tertiary alicyclic amines) is 1. The number of carbonyl (C=O) groups is 1. The third-order valence-corrected chi connectivity index (χ3v) is 4.19. The maximum atomic E-state index is 12.1. The SMILES string of the molecule is CCn1cc(CN[C@@H]2CC(=O)N(C)[C@H]2c2cccnc2)cn1. The lowest BCUT2D eigenvalue weighted by Gasteiger charge is -2.25. The highest BCUT2D eigenvalue weighted by atomic mass is 16.2. The van der Waals surface area contributed by atoms with Gasteiger partial charge in [0.25, 0.3) is 0 Å². The number of amides is 1. The van der Waals surface area contributed by atoms with Gasteiger partial charge in [-0.3, -0.25) is 14.5 Å². The summed E-state index contributed by atoms with van der Waals surface area (Å²) < 4.78 is 1.90. The number of aromatic nitrogens is 3. The molecule has 0 radical (unpaired) electrons. The monoisotopic (exact) mass is 299 g/mol. The number of hydrogen-bond donors (Lipinski definition) is 1. The summed E-state index contributed by atoms with van der Waals surface area (Å²) in [6, 6.07) is 4.05. The van der Waals surface area contributed by atoms with Crippen molar-refractivity contribution in [2.75, 3.05) is 7.05 Å². The van der Waals surface area contributed by atoms with E-state index in [9.17, 15) is 4.79 Å². The van der Waals surface area contributed by atoms with E-state index in [1.54, 1.807) is 6.20 Å². The van der Waals surface area contributed by atoms with Crippen LogP contribution in [0.2, 0.25) is 0 Å². The first-order valence-electron chi connectivity index (χ1n) is 7.59. The molecule has 0 spiro atoms. The molecular formula is C16H21N5O. The summed E-state index contributed by atoms with van der Waals surface area (Å²) in [6.07, 6.45) is 8.01. The molecule has 1 saturated heterocycles. The fraction of sp³-hybridized carbons (Fsp3) is 0.438. The van der Waals surface area contributed by atoms with Gasteiger partial charge in [0.15, 0.2) is 0 Å². The minimum Gasteiger partial charge on any atom is -0.337 e. The van der Waals surface area contributed by atoms with Crippen molar-refractivity contribution in [3.8, 4) is 0 Å². The lowest BCUT2D eigenvalue weighted by atomic mass is 10.0. The van der Waals surface area contributed by atoms with Gasteiger partial charge >= 0.3 is 0 Å². The second kappa shape index (κ2) is 6.27. The van der Waals surface area contributed by atoms with Crippen LogP contribution in [0, 0.1) is 0 Å². The van der Waals surface area contributed by atoms with Crippen molar-refractivity contribution in [3.05, 3.63) is 48.0 Å². The van der Waals surface area contributed by atoms with Crippen molar-refractivity contribution in [2.45, 2.75) is 38.5 Å². The molecule has 6 heteroatoms. The number of hydrogen-bond acceptors (Lipinski definition) is 4. The van der Waals surface area contributed by atoms with Crippen molar-refractivity contribution < 1.29 is 4.79 Å². The Hall–Kier alpha value is -2.21. The van der Waals surface area contributed by atoms with Crippen LogP contribution in [0.25, 0.3) is 0 Å². The topological polar surface area (TPSA) is 63.1 Å². The third kappa shape index (κ3) is 2.87. The van der Waals surface area contributed by atoms with E-state index >= 15 is 0 Å². The Labute approximate surface area is 130 Å². The van der Waals surface area contributed by atoms with Crippen molar-refractivity contribution in [1.82, 2.24) is 25.0 Å². The van der Waals surface area contributed by atoms with Crippen LogP contribution in [0.15, 0.2) is 36.9 Å². The molecule has 2 aromatic heterocycles. The molecule has 1 amide bonds. The molecule has 1 aliphatic rings. The molecule has 0 saturated carbocycles. The van der Waals surface area contributed by atoms with Gasteiger partial charge in [0.2, 0.25) is 5.91 Å². The van der Waals surface area contributed by atoms with Gasteiger partial charge in [-0.15, -0.1) is 0 Å². The highest BCUT2D eigenvalue weighted by molar-refractivity contribution is 5.80. The lowest BCUT2D eigenvalue weighted by Crippen LogP contribution is -2.34. The molecule has 0 bridgehead atoms. The molecule has 3 heterocycles. The van der Waals surface area contributed by atoms with Gasteiger partial charge in [-0.1, -0.05) is 6.07 Å². The summed E-state index contributed by atoms with van der Waals surface area (Å²) >= 11 is 0. The number of nitrogens with one attached hydrogen (secondary N) is 1. The molecule has 22 heavy (non-hydrogen) atoms. The number of pyridine rings is 1. The van der Waals surface area contributed by atoms with Gasteiger partial charge < -0.3 is 10.2 Å². The molecule has 0 unspecified atom stereocenters. The Bertz CT molecular complexity index is 639. The number of rotatable bonds is 5. The van der Waals surface area contributed by atoms with Gasteiger partial charge in [0.1, 0.15) is 0 Å². The molecular weight excluding hydrogens is 278 g/mol. The van der Waals surface area contributed by atoms with E-state index in [0.717, 1.165) is 17.7 Å². The maximum absolute atomic E-state index is 12.1. The highest BCUT2D eigenvalue weighted by Gasteiger charge is 2.38. The zero-order chi connectivity index (χ0) is 15.5. The van der Waals surface area contributed by atoms with E-state index in [-0.39, 0.29) is 18.0 Å². The van der Waals surface area contributed by atoms with E-state index in [1.807, 2.05) is 47.4 Å². The van der Waals surface area contributed by atoms with Crippen LogP contribution in [0.5, 0.6) is 0 Å². The van der Waals surface area contributed by atoms with E-state index in [2.05, 4.69) is 22.3 Å². The van der Waals surface area contributed by atoms with Gasteiger partial charge in [-0.2, -0.15) is 5.10 Å². The second-order valence-electron chi connectivity index (χ2n) is 5.63. The third-order valence-electron chi connectivity index (χ3n) is 4.19. The first-order valence-corrected chi connectivity index (χ1v) is 7.59. The standard InChI is InChI=1S/C16H21N5O/c1-3-21-11-12(9-19-21)8-18-14-7-15(22)20(2)16(14)13-5-4-6-17-10-13/h4-6,9-11,14,16,18H,3,7-8H2,1-2H3/t14-,16+/m1/s1.